The largest absolute Gasteiger partial charge is 0.395 e. The topological polar surface area (TPSA) is 95.7 Å². The quantitative estimate of drug-likeness (QED) is 0.547. The van der Waals surface area contributed by atoms with Crippen molar-refractivity contribution in [3.8, 4) is 0 Å². The van der Waals surface area contributed by atoms with Crippen molar-refractivity contribution in [2.75, 3.05) is 26.2 Å². The average Bonchev–Trinajstić information content (AvgIpc) is 3.12. The van der Waals surface area contributed by atoms with E-state index in [9.17, 15) is 9.59 Å². The van der Waals surface area contributed by atoms with Gasteiger partial charge in [0.1, 0.15) is 5.41 Å². The molecular weight excluding hydrogens is 258 g/mol. The summed E-state index contributed by atoms with van der Waals surface area (Å²) in [5, 5.41) is 12.1. The fourth-order valence-corrected chi connectivity index (χ4v) is 3.13. The van der Waals surface area contributed by atoms with Crippen LogP contribution in [0.1, 0.15) is 32.6 Å². The molecule has 0 radical (unpaired) electrons. The van der Waals surface area contributed by atoms with Crippen LogP contribution in [0.4, 0.5) is 0 Å². The maximum Gasteiger partial charge on any atom is 0.235 e. The molecule has 0 aromatic heterocycles. The molecule has 1 saturated carbocycles. The van der Waals surface area contributed by atoms with Crippen molar-refractivity contribution in [3.05, 3.63) is 0 Å². The minimum Gasteiger partial charge on any atom is -0.395 e. The molecule has 6 nitrogen and oxygen atoms in total. The van der Waals surface area contributed by atoms with E-state index in [1.807, 2.05) is 0 Å². The van der Waals surface area contributed by atoms with Gasteiger partial charge in [-0.05, 0) is 25.2 Å². The summed E-state index contributed by atoms with van der Waals surface area (Å²) in [5.41, 5.74) is 4.39. The highest BCUT2D eigenvalue weighted by Crippen LogP contribution is 2.45. The molecule has 2 aliphatic rings. The van der Waals surface area contributed by atoms with Crippen molar-refractivity contribution in [3.63, 3.8) is 0 Å². The highest BCUT2D eigenvalue weighted by molar-refractivity contribution is 6.07. The van der Waals surface area contributed by atoms with Gasteiger partial charge >= 0.3 is 0 Å². The second-order valence-corrected chi connectivity index (χ2v) is 6.06. The van der Waals surface area contributed by atoms with Crippen LogP contribution in [-0.2, 0) is 9.59 Å². The molecule has 4 N–H and O–H groups in total. The van der Waals surface area contributed by atoms with Crippen molar-refractivity contribution >= 4 is 11.8 Å². The Labute approximate surface area is 119 Å². The number of primary amides is 1. The number of nitrogens with two attached hydrogens (primary N) is 1. The van der Waals surface area contributed by atoms with Crippen molar-refractivity contribution in [2.24, 2.45) is 17.1 Å². The predicted octanol–water partition coefficient (Wildman–Crippen LogP) is -0.539. The van der Waals surface area contributed by atoms with Crippen LogP contribution >= 0.6 is 0 Å². The Morgan fingerprint density at radius 3 is 2.60 bits per heavy atom. The summed E-state index contributed by atoms with van der Waals surface area (Å²) in [6.45, 7) is 4.52. The zero-order chi connectivity index (χ0) is 14.8. The zero-order valence-electron chi connectivity index (χ0n) is 12.1. The molecule has 6 heteroatoms. The number of carbonyl (C=O) groups is 2. The first-order valence-electron chi connectivity index (χ1n) is 7.47. The third kappa shape index (κ3) is 2.96. The van der Waals surface area contributed by atoms with Crippen LogP contribution in [0.3, 0.4) is 0 Å². The monoisotopic (exact) mass is 283 g/mol. The summed E-state index contributed by atoms with van der Waals surface area (Å²) in [6, 6.07) is 0.0609. The molecule has 2 fully saturated rings. The van der Waals surface area contributed by atoms with Gasteiger partial charge in [0, 0.05) is 25.7 Å². The predicted molar refractivity (Wildman–Crippen MR) is 74.7 cm³/mol. The molecular formula is C14H25N3O3. The number of aliphatic hydroxyl groups is 1. The fourth-order valence-electron chi connectivity index (χ4n) is 3.13. The minimum atomic E-state index is -0.943. The van der Waals surface area contributed by atoms with Crippen molar-refractivity contribution in [1.82, 2.24) is 10.2 Å². The second kappa shape index (κ2) is 6.10. The van der Waals surface area contributed by atoms with E-state index in [4.69, 9.17) is 10.8 Å². The third-order valence-corrected chi connectivity index (χ3v) is 4.57. The molecule has 114 valence electrons. The maximum atomic E-state index is 12.3. The summed E-state index contributed by atoms with van der Waals surface area (Å²) in [7, 11) is 0. The molecule has 1 heterocycles. The normalized spacial score (nSPS) is 28.3. The second-order valence-electron chi connectivity index (χ2n) is 6.06. The summed E-state index contributed by atoms with van der Waals surface area (Å²) >= 11 is 0. The smallest absolute Gasteiger partial charge is 0.235 e. The van der Waals surface area contributed by atoms with Crippen LogP contribution in [0.2, 0.25) is 0 Å². The lowest BCUT2D eigenvalue weighted by Gasteiger charge is -2.21. The van der Waals surface area contributed by atoms with Gasteiger partial charge in [-0.3, -0.25) is 14.5 Å². The Kier molecular flexibility index (Phi) is 4.65. The lowest BCUT2D eigenvalue weighted by molar-refractivity contribution is -0.135. The molecule has 0 bridgehead atoms. The van der Waals surface area contributed by atoms with E-state index in [1.54, 1.807) is 0 Å². The van der Waals surface area contributed by atoms with Crippen LogP contribution < -0.4 is 11.1 Å². The number of aliphatic hydroxyl groups excluding tert-OH is 1. The van der Waals surface area contributed by atoms with E-state index in [-0.39, 0.29) is 18.6 Å². The molecule has 2 atom stereocenters. The van der Waals surface area contributed by atoms with Crippen molar-refractivity contribution in [2.45, 2.75) is 38.6 Å². The lowest BCUT2D eigenvalue weighted by Crippen LogP contribution is -2.47. The van der Waals surface area contributed by atoms with E-state index in [0.29, 0.717) is 25.3 Å². The molecule has 1 saturated heterocycles. The molecule has 0 unspecified atom stereocenters. The number of rotatable bonds is 7. The van der Waals surface area contributed by atoms with E-state index < -0.39 is 11.3 Å². The molecule has 0 spiro atoms. The average molecular weight is 283 g/mol. The number of nitrogens with zero attached hydrogens (tertiary/aromatic N) is 1. The van der Waals surface area contributed by atoms with E-state index in [0.717, 1.165) is 25.9 Å². The van der Waals surface area contributed by atoms with E-state index >= 15 is 0 Å². The van der Waals surface area contributed by atoms with Gasteiger partial charge in [-0.25, -0.2) is 0 Å². The van der Waals surface area contributed by atoms with Crippen LogP contribution in [0.15, 0.2) is 0 Å². The van der Waals surface area contributed by atoms with Gasteiger partial charge in [0.25, 0.3) is 0 Å². The lowest BCUT2D eigenvalue weighted by atomic mass is 9.97. The highest BCUT2D eigenvalue weighted by Gasteiger charge is 2.56. The standard InChI is InChI=1S/C14H25N3O3/c1-2-3-10-8-17(6-7-18)9-11(10)16-13(20)14(4-5-14)12(15)19/h10-11,18H,2-9H2,1H3,(H2,15,19)(H,16,20)/t10-,11-/m0/s1. The number of nitrogens with one attached hydrogen (secondary N) is 1. The Morgan fingerprint density at radius 2 is 2.10 bits per heavy atom. The van der Waals surface area contributed by atoms with Gasteiger partial charge in [-0.1, -0.05) is 13.3 Å². The zero-order valence-corrected chi connectivity index (χ0v) is 12.1. The number of hydrogen-bond donors (Lipinski definition) is 3. The van der Waals surface area contributed by atoms with Gasteiger partial charge in [0.15, 0.2) is 0 Å². The first-order chi connectivity index (χ1) is 9.53. The summed E-state index contributed by atoms with van der Waals surface area (Å²) in [5.74, 6) is -0.326. The molecule has 1 aliphatic carbocycles. The Hall–Kier alpha value is -1.14. The molecule has 0 aromatic carbocycles. The van der Waals surface area contributed by atoms with E-state index in [1.165, 1.54) is 0 Å². The van der Waals surface area contributed by atoms with E-state index in [2.05, 4.69) is 17.1 Å². The highest BCUT2D eigenvalue weighted by atomic mass is 16.3. The van der Waals surface area contributed by atoms with Crippen LogP contribution in [0.25, 0.3) is 0 Å². The number of carbonyl (C=O) groups excluding carboxylic acids is 2. The molecule has 2 rings (SSSR count). The van der Waals surface area contributed by atoms with Crippen LogP contribution in [0.5, 0.6) is 0 Å². The number of amides is 2. The number of likely N-dealkylation sites (tertiary alicyclic amines) is 1. The molecule has 2 amide bonds. The van der Waals surface area contributed by atoms with Gasteiger partial charge in [-0.15, -0.1) is 0 Å². The van der Waals surface area contributed by atoms with Crippen molar-refractivity contribution in [1.29, 1.82) is 0 Å². The summed E-state index contributed by atoms with van der Waals surface area (Å²) in [4.78, 5) is 25.8. The van der Waals surface area contributed by atoms with Crippen molar-refractivity contribution < 1.29 is 14.7 Å². The molecule has 0 aromatic rings. The Morgan fingerprint density at radius 1 is 1.40 bits per heavy atom. The minimum absolute atomic E-state index is 0.0609. The summed E-state index contributed by atoms with van der Waals surface area (Å²) in [6.07, 6.45) is 3.24. The van der Waals surface area contributed by atoms with Gasteiger partial charge in [0.2, 0.25) is 11.8 Å². The first-order valence-corrected chi connectivity index (χ1v) is 7.47. The third-order valence-electron chi connectivity index (χ3n) is 4.57. The SMILES string of the molecule is CCC[C@H]1CN(CCO)C[C@@H]1NC(=O)C1(C(N)=O)CC1. The van der Waals surface area contributed by atoms with Crippen LogP contribution in [-0.4, -0.2) is 54.1 Å². The van der Waals surface area contributed by atoms with Gasteiger partial charge in [0.05, 0.1) is 6.61 Å². The van der Waals surface area contributed by atoms with Gasteiger partial charge in [-0.2, -0.15) is 0 Å². The number of β-amino-alcohol motifs (C(OH)–C–C–N with tert-alkyl or cyclic N) is 1. The maximum absolute atomic E-state index is 12.3. The molecule has 20 heavy (non-hydrogen) atoms. The Bertz CT molecular complexity index is 382. The van der Waals surface area contributed by atoms with Gasteiger partial charge < -0.3 is 16.2 Å². The number of hydrogen-bond acceptors (Lipinski definition) is 4. The summed E-state index contributed by atoms with van der Waals surface area (Å²) < 4.78 is 0. The Balaban J connectivity index is 1.96. The van der Waals surface area contributed by atoms with Crippen LogP contribution in [0, 0.1) is 11.3 Å². The fraction of sp³-hybridized carbons (Fsp3) is 0.857. The molecule has 1 aliphatic heterocycles. The first kappa shape index (κ1) is 15.3.